The third-order valence-corrected chi connectivity index (χ3v) is 5.03. The van der Waals surface area contributed by atoms with Gasteiger partial charge in [-0.05, 0) is 36.6 Å². The number of thioether (sulfide) groups is 1. The molecule has 100 valence electrons. The van der Waals surface area contributed by atoms with Gasteiger partial charge >= 0.3 is 0 Å². The van der Waals surface area contributed by atoms with Gasteiger partial charge in [0.05, 0.1) is 0 Å². The topological polar surface area (TPSA) is 29.3 Å². The van der Waals surface area contributed by atoms with Crippen molar-refractivity contribution in [2.45, 2.75) is 31.7 Å². The molecule has 0 amide bonds. The Morgan fingerprint density at radius 3 is 2.72 bits per heavy atom. The van der Waals surface area contributed by atoms with Crippen LogP contribution in [0, 0.1) is 11.8 Å². The van der Waals surface area contributed by atoms with Gasteiger partial charge in [0.2, 0.25) is 0 Å². The fraction of sp³-hybridized carbons (Fsp3) is 0.600. The Kier molecular flexibility index (Phi) is 4.57. The molecule has 0 bridgehead atoms. The minimum Gasteiger partial charge on any atom is -0.371 e. The molecule has 0 aromatic heterocycles. The Labute approximate surface area is 115 Å². The summed E-state index contributed by atoms with van der Waals surface area (Å²) < 4.78 is 0. The zero-order valence-electron chi connectivity index (χ0n) is 11.6. The maximum absolute atomic E-state index is 5.96. The van der Waals surface area contributed by atoms with E-state index >= 15 is 0 Å². The molecule has 2 rings (SSSR count). The zero-order chi connectivity index (χ0) is 13.1. The van der Waals surface area contributed by atoms with Crippen LogP contribution in [-0.4, -0.2) is 19.3 Å². The van der Waals surface area contributed by atoms with Crippen LogP contribution in [0.15, 0.2) is 23.1 Å². The molecule has 3 heteroatoms. The van der Waals surface area contributed by atoms with Crippen LogP contribution in [0.3, 0.4) is 0 Å². The molecule has 2 N–H and O–H groups in total. The number of nitrogens with zero attached hydrogens (tertiary/aromatic N) is 1. The summed E-state index contributed by atoms with van der Waals surface area (Å²) in [6.45, 7) is 7.68. The fourth-order valence-corrected chi connectivity index (χ4v) is 3.38. The van der Waals surface area contributed by atoms with E-state index in [4.69, 9.17) is 5.73 Å². The number of piperidine rings is 1. The van der Waals surface area contributed by atoms with Gasteiger partial charge in [-0.2, -0.15) is 0 Å². The van der Waals surface area contributed by atoms with Crippen molar-refractivity contribution in [1.82, 2.24) is 0 Å². The van der Waals surface area contributed by atoms with E-state index in [0.29, 0.717) is 6.54 Å². The highest BCUT2D eigenvalue weighted by molar-refractivity contribution is 7.98. The average molecular weight is 264 g/mol. The van der Waals surface area contributed by atoms with Gasteiger partial charge in [-0.25, -0.2) is 0 Å². The second kappa shape index (κ2) is 5.98. The number of hydrogen-bond donors (Lipinski definition) is 1. The third-order valence-electron chi connectivity index (χ3n) is 4.21. The van der Waals surface area contributed by atoms with E-state index in [2.05, 4.69) is 43.2 Å². The lowest BCUT2D eigenvalue weighted by Crippen LogP contribution is -2.39. The predicted octanol–water partition coefficient (Wildman–Crippen LogP) is 3.35. The standard InChI is InChI=1S/C15H24N2S/c1-11-7-8-17(10-12(11)2)14-5-4-6-15(18-3)13(14)9-16/h4-6,11-12H,7-10,16H2,1-3H3. The number of rotatable bonds is 3. The highest BCUT2D eigenvalue weighted by Crippen LogP contribution is 2.33. The number of benzene rings is 1. The van der Waals surface area contributed by atoms with E-state index in [1.54, 1.807) is 11.8 Å². The fourth-order valence-electron chi connectivity index (χ4n) is 2.73. The van der Waals surface area contributed by atoms with Crippen molar-refractivity contribution in [2.75, 3.05) is 24.2 Å². The Bertz CT molecular complexity index is 405. The lowest BCUT2D eigenvalue weighted by molar-refractivity contribution is 0.323. The minimum atomic E-state index is 0.632. The first-order valence-corrected chi connectivity index (χ1v) is 8.00. The van der Waals surface area contributed by atoms with Crippen molar-refractivity contribution in [3.05, 3.63) is 23.8 Å². The molecule has 1 aliphatic rings. The molecule has 1 heterocycles. The van der Waals surface area contributed by atoms with Crippen LogP contribution in [0.4, 0.5) is 5.69 Å². The van der Waals surface area contributed by atoms with Gasteiger partial charge in [0.25, 0.3) is 0 Å². The van der Waals surface area contributed by atoms with E-state index in [9.17, 15) is 0 Å². The van der Waals surface area contributed by atoms with E-state index in [1.165, 1.54) is 22.6 Å². The summed E-state index contributed by atoms with van der Waals surface area (Å²) in [5.41, 5.74) is 8.62. The molecule has 0 spiro atoms. The van der Waals surface area contributed by atoms with Crippen molar-refractivity contribution in [2.24, 2.45) is 17.6 Å². The Balaban J connectivity index is 2.28. The summed E-state index contributed by atoms with van der Waals surface area (Å²) in [6, 6.07) is 6.56. The van der Waals surface area contributed by atoms with Gasteiger partial charge in [-0.15, -0.1) is 11.8 Å². The van der Waals surface area contributed by atoms with Gasteiger partial charge in [-0.1, -0.05) is 19.9 Å². The highest BCUT2D eigenvalue weighted by Gasteiger charge is 2.24. The molecule has 2 unspecified atom stereocenters. The number of anilines is 1. The molecule has 0 saturated carbocycles. The Morgan fingerprint density at radius 1 is 1.33 bits per heavy atom. The van der Waals surface area contributed by atoms with Gasteiger partial charge in [0, 0.05) is 35.8 Å². The van der Waals surface area contributed by atoms with Gasteiger partial charge in [0.15, 0.2) is 0 Å². The lowest BCUT2D eigenvalue weighted by Gasteiger charge is -2.38. The first kappa shape index (κ1) is 13.8. The maximum atomic E-state index is 5.96. The molecule has 0 radical (unpaired) electrons. The highest BCUT2D eigenvalue weighted by atomic mass is 32.2. The molecule has 2 atom stereocenters. The molecular weight excluding hydrogens is 240 g/mol. The molecule has 1 saturated heterocycles. The van der Waals surface area contributed by atoms with Gasteiger partial charge in [-0.3, -0.25) is 0 Å². The Morgan fingerprint density at radius 2 is 2.11 bits per heavy atom. The SMILES string of the molecule is CSc1cccc(N2CCC(C)C(C)C2)c1CN. The van der Waals surface area contributed by atoms with Crippen molar-refractivity contribution in [3.8, 4) is 0 Å². The van der Waals surface area contributed by atoms with Crippen LogP contribution in [0.5, 0.6) is 0 Å². The van der Waals surface area contributed by atoms with Crippen molar-refractivity contribution >= 4 is 17.4 Å². The number of hydrogen-bond acceptors (Lipinski definition) is 3. The lowest BCUT2D eigenvalue weighted by atomic mass is 9.88. The van der Waals surface area contributed by atoms with Crippen LogP contribution in [0.1, 0.15) is 25.8 Å². The molecule has 1 aromatic carbocycles. The largest absolute Gasteiger partial charge is 0.371 e. The molecule has 2 nitrogen and oxygen atoms in total. The smallest absolute Gasteiger partial charge is 0.0423 e. The molecule has 1 aromatic rings. The average Bonchev–Trinajstić information content (AvgIpc) is 2.40. The van der Waals surface area contributed by atoms with Crippen molar-refractivity contribution < 1.29 is 0 Å². The molecular formula is C15H24N2S. The number of nitrogens with two attached hydrogens (primary N) is 1. The second-order valence-electron chi connectivity index (χ2n) is 5.35. The summed E-state index contributed by atoms with van der Waals surface area (Å²) in [5, 5.41) is 0. The second-order valence-corrected chi connectivity index (χ2v) is 6.20. The van der Waals surface area contributed by atoms with E-state index in [-0.39, 0.29) is 0 Å². The van der Waals surface area contributed by atoms with Crippen molar-refractivity contribution in [3.63, 3.8) is 0 Å². The van der Waals surface area contributed by atoms with E-state index < -0.39 is 0 Å². The van der Waals surface area contributed by atoms with Gasteiger partial charge in [0.1, 0.15) is 0 Å². The third kappa shape index (κ3) is 2.67. The van der Waals surface area contributed by atoms with Crippen LogP contribution < -0.4 is 10.6 Å². The van der Waals surface area contributed by atoms with Crippen molar-refractivity contribution in [1.29, 1.82) is 0 Å². The zero-order valence-corrected chi connectivity index (χ0v) is 12.5. The first-order valence-electron chi connectivity index (χ1n) is 6.78. The monoisotopic (exact) mass is 264 g/mol. The normalized spacial score (nSPS) is 24.3. The molecule has 1 fully saturated rings. The summed E-state index contributed by atoms with van der Waals surface area (Å²) in [6.07, 6.45) is 3.41. The quantitative estimate of drug-likeness (QED) is 0.849. The van der Waals surface area contributed by atoms with E-state index in [0.717, 1.165) is 24.9 Å². The summed E-state index contributed by atoms with van der Waals surface area (Å²) in [7, 11) is 0. The van der Waals surface area contributed by atoms with Crippen LogP contribution in [0.2, 0.25) is 0 Å². The van der Waals surface area contributed by atoms with E-state index in [1.807, 2.05) is 0 Å². The van der Waals surface area contributed by atoms with Crippen LogP contribution in [-0.2, 0) is 6.54 Å². The maximum Gasteiger partial charge on any atom is 0.0423 e. The molecule has 1 aliphatic heterocycles. The summed E-state index contributed by atoms with van der Waals surface area (Å²) >= 11 is 1.79. The minimum absolute atomic E-state index is 0.632. The summed E-state index contributed by atoms with van der Waals surface area (Å²) in [5.74, 6) is 1.61. The van der Waals surface area contributed by atoms with Gasteiger partial charge < -0.3 is 10.6 Å². The first-order chi connectivity index (χ1) is 8.67. The van der Waals surface area contributed by atoms with Crippen LogP contribution >= 0.6 is 11.8 Å². The molecule has 0 aliphatic carbocycles. The predicted molar refractivity (Wildman–Crippen MR) is 81.3 cm³/mol. The Hall–Kier alpha value is -0.670. The summed E-state index contributed by atoms with van der Waals surface area (Å²) in [4.78, 5) is 3.84. The van der Waals surface area contributed by atoms with Crippen LogP contribution in [0.25, 0.3) is 0 Å². The molecule has 18 heavy (non-hydrogen) atoms.